The van der Waals surface area contributed by atoms with E-state index in [9.17, 15) is 13.2 Å². The first-order valence-electron chi connectivity index (χ1n) is 7.96. The predicted octanol–water partition coefficient (Wildman–Crippen LogP) is 3.92. The molecule has 3 heterocycles. The van der Waals surface area contributed by atoms with Crippen molar-refractivity contribution in [2.45, 2.75) is 24.7 Å². The molecule has 0 aliphatic carbocycles. The van der Waals surface area contributed by atoms with Gasteiger partial charge >= 0.3 is 6.18 Å². The van der Waals surface area contributed by atoms with Gasteiger partial charge in [-0.3, -0.25) is 0 Å². The maximum atomic E-state index is 12.8. The monoisotopic (exact) mass is 412 g/mol. The van der Waals surface area contributed by atoms with Crippen LogP contribution >= 0.6 is 15.9 Å². The lowest BCUT2D eigenvalue weighted by Crippen LogP contribution is -2.44. The summed E-state index contributed by atoms with van der Waals surface area (Å²) in [6.07, 6.45) is -3.50. The van der Waals surface area contributed by atoms with Crippen molar-refractivity contribution < 1.29 is 13.2 Å². The normalized spacial score (nSPS) is 22.8. The molecule has 0 bridgehead atoms. The standard InChI is InChI=1S/C17H16BrF3N4/c18-15-6-5-14-16(23-15)25-8-11(22)7-13(25)9-24(14)12-3-1-10(2-4-12)17(19,20)21/h1-6,11,13H,7-9,22H2/t11-,13-/m1/s1. The third-order valence-electron chi connectivity index (χ3n) is 4.73. The lowest BCUT2D eigenvalue weighted by molar-refractivity contribution is -0.137. The highest BCUT2D eigenvalue weighted by Crippen LogP contribution is 2.42. The Morgan fingerprint density at radius 3 is 2.48 bits per heavy atom. The molecule has 2 aliphatic heterocycles. The van der Waals surface area contributed by atoms with Gasteiger partial charge in [0.1, 0.15) is 4.60 Å². The van der Waals surface area contributed by atoms with Crippen LogP contribution in [0.25, 0.3) is 0 Å². The minimum absolute atomic E-state index is 0.0752. The average molecular weight is 413 g/mol. The number of benzene rings is 1. The van der Waals surface area contributed by atoms with Crippen LogP contribution in [-0.2, 0) is 6.18 Å². The van der Waals surface area contributed by atoms with Crippen molar-refractivity contribution in [2.75, 3.05) is 22.9 Å². The first-order valence-corrected chi connectivity index (χ1v) is 8.76. The summed E-state index contributed by atoms with van der Waals surface area (Å²) in [5.74, 6) is 0.818. The summed E-state index contributed by atoms with van der Waals surface area (Å²) in [7, 11) is 0. The van der Waals surface area contributed by atoms with Crippen LogP contribution in [0.1, 0.15) is 12.0 Å². The predicted molar refractivity (Wildman–Crippen MR) is 94.1 cm³/mol. The summed E-state index contributed by atoms with van der Waals surface area (Å²) < 4.78 is 39.2. The number of pyridine rings is 1. The maximum absolute atomic E-state index is 12.8. The lowest BCUT2D eigenvalue weighted by atomic mass is 10.1. The van der Waals surface area contributed by atoms with Crippen LogP contribution in [0.4, 0.5) is 30.4 Å². The van der Waals surface area contributed by atoms with Gasteiger partial charge in [-0.15, -0.1) is 0 Å². The molecule has 0 unspecified atom stereocenters. The fourth-order valence-corrected chi connectivity index (χ4v) is 3.91. The molecule has 0 radical (unpaired) electrons. The van der Waals surface area contributed by atoms with Gasteiger partial charge < -0.3 is 15.5 Å². The van der Waals surface area contributed by atoms with Gasteiger partial charge in [-0.2, -0.15) is 13.2 Å². The molecule has 2 N–H and O–H groups in total. The largest absolute Gasteiger partial charge is 0.416 e. The third kappa shape index (κ3) is 2.97. The van der Waals surface area contributed by atoms with E-state index in [0.717, 1.165) is 46.9 Å². The topological polar surface area (TPSA) is 45.4 Å². The van der Waals surface area contributed by atoms with Gasteiger partial charge in [0.2, 0.25) is 0 Å². The Morgan fingerprint density at radius 2 is 1.80 bits per heavy atom. The van der Waals surface area contributed by atoms with Gasteiger partial charge in [0.15, 0.2) is 5.82 Å². The van der Waals surface area contributed by atoms with Crippen molar-refractivity contribution >= 4 is 33.1 Å². The van der Waals surface area contributed by atoms with Gasteiger partial charge in [-0.25, -0.2) is 4.98 Å². The fourth-order valence-electron chi connectivity index (χ4n) is 3.61. The lowest BCUT2D eigenvalue weighted by Gasteiger charge is -2.40. The molecule has 1 fully saturated rings. The van der Waals surface area contributed by atoms with Crippen LogP contribution in [0.15, 0.2) is 41.0 Å². The molecule has 0 spiro atoms. The molecule has 2 aromatic rings. The zero-order valence-electron chi connectivity index (χ0n) is 13.2. The zero-order chi connectivity index (χ0) is 17.8. The first kappa shape index (κ1) is 16.7. The Balaban J connectivity index is 1.74. The van der Waals surface area contributed by atoms with Crippen molar-refractivity contribution in [3.8, 4) is 0 Å². The molecule has 0 saturated carbocycles. The van der Waals surface area contributed by atoms with Gasteiger partial charge in [-0.05, 0) is 58.7 Å². The molecule has 1 saturated heterocycles. The van der Waals surface area contributed by atoms with E-state index >= 15 is 0 Å². The minimum Gasteiger partial charge on any atom is -0.348 e. The number of alkyl halides is 3. The van der Waals surface area contributed by atoms with E-state index in [-0.39, 0.29) is 12.1 Å². The maximum Gasteiger partial charge on any atom is 0.416 e. The van der Waals surface area contributed by atoms with Crippen molar-refractivity contribution in [3.05, 3.63) is 46.6 Å². The SMILES string of the molecule is N[C@@H]1C[C@@H]2CN(c3ccc(C(F)(F)F)cc3)c3ccc(Br)nc3N2C1. The zero-order valence-corrected chi connectivity index (χ0v) is 14.8. The summed E-state index contributed by atoms with van der Waals surface area (Å²) in [5, 5.41) is 0. The summed E-state index contributed by atoms with van der Waals surface area (Å²) >= 11 is 3.40. The van der Waals surface area contributed by atoms with Crippen LogP contribution in [0, 0.1) is 0 Å². The van der Waals surface area contributed by atoms with Crippen molar-refractivity contribution in [1.82, 2.24) is 4.98 Å². The fraction of sp³-hybridized carbons (Fsp3) is 0.353. The quantitative estimate of drug-likeness (QED) is 0.720. The molecule has 132 valence electrons. The first-order chi connectivity index (χ1) is 11.8. The molecule has 0 amide bonds. The Bertz CT molecular complexity index is 793. The number of hydrogen-bond acceptors (Lipinski definition) is 4. The Morgan fingerprint density at radius 1 is 1.08 bits per heavy atom. The van der Waals surface area contributed by atoms with Crippen molar-refractivity contribution in [3.63, 3.8) is 0 Å². The van der Waals surface area contributed by atoms with Gasteiger partial charge in [-0.1, -0.05) is 0 Å². The van der Waals surface area contributed by atoms with E-state index in [0.29, 0.717) is 6.54 Å². The molecule has 25 heavy (non-hydrogen) atoms. The molecule has 4 rings (SSSR count). The molecular weight excluding hydrogens is 397 g/mol. The summed E-state index contributed by atoms with van der Waals surface area (Å²) in [4.78, 5) is 8.81. The Hall–Kier alpha value is -1.80. The second kappa shape index (κ2) is 5.88. The van der Waals surface area contributed by atoms with Crippen molar-refractivity contribution in [1.29, 1.82) is 0 Å². The molecule has 2 atom stereocenters. The van der Waals surface area contributed by atoms with Gasteiger partial charge in [0.05, 0.1) is 17.3 Å². The Kier molecular flexibility index (Phi) is 3.92. The van der Waals surface area contributed by atoms with E-state index in [2.05, 4.69) is 25.8 Å². The second-order valence-electron chi connectivity index (χ2n) is 6.43. The van der Waals surface area contributed by atoms with Crippen LogP contribution in [0.2, 0.25) is 0 Å². The summed E-state index contributed by atoms with van der Waals surface area (Å²) in [6.45, 7) is 1.41. The number of rotatable bonds is 1. The summed E-state index contributed by atoms with van der Waals surface area (Å²) in [5.41, 5.74) is 7.07. The van der Waals surface area contributed by atoms with E-state index in [1.807, 2.05) is 17.0 Å². The van der Waals surface area contributed by atoms with E-state index in [1.165, 1.54) is 12.1 Å². The number of anilines is 3. The minimum atomic E-state index is -4.33. The highest BCUT2D eigenvalue weighted by molar-refractivity contribution is 9.10. The molecular formula is C17H16BrF3N4. The molecule has 1 aromatic carbocycles. The summed E-state index contributed by atoms with van der Waals surface area (Å²) in [6, 6.07) is 9.31. The number of nitrogens with zero attached hydrogens (tertiary/aromatic N) is 3. The van der Waals surface area contributed by atoms with E-state index < -0.39 is 11.7 Å². The average Bonchev–Trinajstić information content (AvgIpc) is 2.94. The van der Waals surface area contributed by atoms with E-state index in [1.54, 1.807) is 0 Å². The highest BCUT2D eigenvalue weighted by atomic mass is 79.9. The number of fused-ring (bicyclic) bond motifs is 3. The third-order valence-corrected chi connectivity index (χ3v) is 5.17. The highest BCUT2D eigenvalue weighted by Gasteiger charge is 2.39. The number of hydrogen-bond donors (Lipinski definition) is 1. The smallest absolute Gasteiger partial charge is 0.348 e. The molecule has 1 aromatic heterocycles. The number of aromatic nitrogens is 1. The van der Waals surface area contributed by atoms with Crippen molar-refractivity contribution in [2.24, 2.45) is 5.73 Å². The van der Waals surface area contributed by atoms with Crippen LogP contribution in [-0.4, -0.2) is 30.2 Å². The van der Waals surface area contributed by atoms with Crippen LogP contribution in [0.5, 0.6) is 0 Å². The van der Waals surface area contributed by atoms with Crippen LogP contribution < -0.4 is 15.5 Å². The second-order valence-corrected chi connectivity index (χ2v) is 7.25. The Labute approximate surface area is 151 Å². The van der Waals surface area contributed by atoms with Crippen LogP contribution in [0.3, 0.4) is 0 Å². The van der Waals surface area contributed by atoms with E-state index in [4.69, 9.17) is 5.73 Å². The molecule has 8 heteroatoms. The number of nitrogens with two attached hydrogens (primary N) is 1. The van der Waals surface area contributed by atoms with Gasteiger partial charge in [0, 0.05) is 24.8 Å². The number of halogens is 4. The van der Waals surface area contributed by atoms with Gasteiger partial charge in [0.25, 0.3) is 0 Å². The molecule has 4 nitrogen and oxygen atoms in total. The molecule has 2 aliphatic rings.